The summed E-state index contributed by atoms with van der Waals surface area (Å²) in [6.45, 7) is 4.41. The van der Waals surface area contributed by atoms with E-state index in [9.17, 15) is 21.6 Å². The molecule has 0 N–H and O–H groups in total. The monoisotopic (exact) mass is 425 g/mol. The molecule has 9 nitrogen and oxygen atoms in total. The van der Waals surface area contributed by atoms with Crippen molar-refractivity contribution in [1.82, 2.24) is 12.9 Å². The van der Waals surface area contributed by atoms with E-state index in [-0.39, 0.29) is 36.0 Å². The zero-order chi connectivity index (χ0) is 19.5. The highest BCUT2D eigenvalue weighted by molar-refractivity contribution is 7.89. The lowest BCUT2D eigenvalue weighted by atomic mass is 10.4. The molecular formula is C14H23N3O6S3. The number of hydrogen-bond acceptors (Lipinski definition) is 7. The third-order valence-electron chi connectivity index (χ3n) is 4.17. The van der Waals surface area contributed by atoms with Crippen molar-refractivity contribution >= 4 is 37.5 Å². The first kappa shape index (κ1) is 21.3. The van der Waals surface area contributed by atoms with Crippen LogP contribution in [0.15, 0.2) is 16.3 Å². The molecule has 0 spiro atoms. The molecule has 0 aliphatic carbocycles. The highest BCUT2D eigenvalue weighted by Crippen LogP contribution is 2.27. The topological polar surface area (TPSA) is 104 Å². The average molecular weight is 426 g/mol. The molecule has 26 heavy (non-hydrogen) atoms. The van der Waals surface area contributed by atoms with Crippen LogP contribution in [0.4, 0.5) is 0 Å². The van der Waals surface area contributed by atoms with Gasteiger partial charge in [-0.2, -0.15) is 21.3 Å². The van der Waals surface area contributed by atoms with E-state index in [1.807, 2.05) is 0 Å². The van der Waals surface area contributed by atoms with Crippen molar-refractivity contribution in [3.63, 3.8) is 0 Å². The lowest BCUT2D eigenvalue weighted by molar-refractivity contribution is 0.0602. The highest BCUT2D eigenvalue weighted by atomic mass is 32.2. The number of hydrogen-bond donors (Lipinski definition) is 0. The Labute approximate surface area is 158 Å². The van der Waals surface area contributed by atoms with Crippen LogP contribution in [0.3, 0.4) is 0 Å². The Morgan fingerprint density at radius 2 is 1.65 bits per heavy atom. The Bertz CT molecular complexity index is 837. The molecule has 0 amide bonds. The maximum atomic E-state index is 12.8. The molecule has 1 aliphatic heterocycles. The van der Waals surface area contributed by atoms with Crippen molar-refractivity contribution < 1.29 is 26.4 Å². The average Bonchev–Trinajstić information content (AvgIpc) is 3.12. The van der Waals surface area contributed by atoms with Crippen LogP contribution >= 0.6 is 11.3 Å². The second-order valence-electron chi connectivity index (χ2n) is 5.50. The Kier molecular flexibility index (Phi) is 6.80. The van der Waals surface area contributed by atoms with E-state index in [4.69, 9.17) is 0 Å². The first-order valence-electron chi connectivity index (χ1n) is 8.11. The number of sulfonamides is 1. The van der Waals surface area contributed by atoms with Gasteiger partial charge in [0.25, 0.3) is 10.2 Å². The number of thiophene rings is 1. The normalized spacial score (nSPS) is 17.5. The van der Waals surface area contributed by atoms with Gasteiger partial charge in [-0.25, -0.2) is 13.2 Å². The van der Waals surface area contributed by atoms with Crippen LogP contribution in [0.25, 0.3) is 0 Å². The molecule has 1 aliphatic rings. The van der Waals surface area contributed by atoms with E-state index in [1.165, 1.54) is 31.5 Å². The fourth-order valence-corrected chi connectivity index (χ4v) is 7.07. The summed E-state index contributed by atoms with van der Waals surface area (Å²) >= 11 is 0.994. The maximum Gasteiger partial charge on any atom is 0.349 e. The second kappa shape index (κ2) is 8.31. The van der Waals surface area contributed by atoms with Gasteiger partial charge in [0.05, 0.1) is 7.11 Å². The molecule has 0 atom stereocenters. The molecule has 0 aromatic carbocycles. The van der Waals surface area contributed by atoms with Crippen molar-refractivity contribution in [1.29, 1.82) is 0 Å². The van der Waals surface area contributed by atoms with E-state index in [0.717, 1.165) is 11.3 Å². The molecule has 2 rings (SSSR count). The van der Waals surface area contributed by atoms with Gasteiger partial charge in [0, 0.05) is 39.3 Å². The van der Waals surface area contributed by atoms with Gasteiger partial charge >= 0.3 is 5.97 Å². The summed E-state index contributed by atoms with van der Waals surface area (Å²) in [4.78, 5) is 11.7. The van der Waals surface area contributed by atoms with Crippen LogP contribution in [0.5, 0.6) is 0 Å². The molecule has 148 valence electrons. The summed E-state index contributed by atoms with van der Waals surface area (Å²) in [5.74, 6) is -0.707. The number of rotatable bonds is 7. The molecule has 0 bridgehead atoms. The first-order chi connectivity index (χ1) is 12.2. The molecule has 2 heterocycles. The lowest BCUT2D eigenvalue weighted by Gasteiger charge is -2.35. The van der Waals surface area contributed by atoms with Crippen LogP contribution in [-0.4, -0.2) is 82.1 Å². The predicted molar refractivity (Wildman–Crippen MR) is 97.8 cm³/mol. The third-order valence-corrected chi connectivity index (χ3v) is 9.32. The van der Waals surface area contributed by atoms with Gasteiger partial charge in [0.2, 0.25) is 10.0 Å². The summed E-state index contributed by atoms with van der Waals surface area (Å²) in [7, 11) is -6.31. The molecule has 0 saturated carbocycles. The Morgan fingerprint density at radius 3 is 2.15 bits per heavy atom. The highest BCUT2D eigenvalue weighted by Gasteiger charge is 2.36. The fraction of sp³-hybridized carbons (Fsp3) is 0.643. The minimum Gasteiger partial charge on any atom is -0.465 e. The number of carbonyl (C=O) groups is 1. The minimum atomic E-state index is -3.90. The molecule has 12 heteroatoms. The Balaban J connectivity index is 2.17. The SMILES string of the molecule is CCN(CC)S(=O)(=O)N1CCN(S(=O)(=O)c2ccsc2C(=O)OC)CC1. The maximum absolute atomic E-state index is 12.8. The Hall–Kier alpha value is -1.05. The fourth-order valence-electron chi connectivity index (χ4n) is 2.74. The number of nitrogens with zero attached hydrogens (tertiary/aromatic N) is 3. The minimum absolute atomic E-state index is 0.0192. The van der Waals surface area contributed by atoms with Gasteiger partial charge in [0.1, 0.15) is 9.77 Å². The second-order valence-corrected chi connectivity index (χ2v) is 10.3. The number of piperazine rings is 1. The zero-order valence-electron chi connectivity index (χ0n) is 14.9. The molecule has 1 fully saturated rings. The van der Waals surface area contributed by atoms with Crippen molar-refractivity contribution in [2.75, 3.05) is 46.4 Å². The van der Waals surface area contributed by atoms with Crippen molar-refractivity contribution in [2.45, 2.75) is 18.7 Å². The number of esters is 1. The van der Waals surface area contributed by atoms with E-state index in [0.29, 0.717) is 13.1 Å². The van der Waals surface area contributed by atoms with Crippen LogP contribution in [-0.2, 0) is 25.0 Å². The summed E-state index contributed by atoms with van der Waals surface area (Å²) in [6, 6.07) is 1.37. The van der Waals surface area contributed by atoms with Crippen LogP contribution < -0.4 is 0 Å². The molecule has 0 radical (unpaired) electrons. The summed E-state index contributed by atoms with van der Waals surface area (Å²) < 4.78 is 59.2. The van der Waals surface area contributed by atoms with E-state index in [2.05, 4.69) is 4.74 Å². The molecule has 1 aromatic rings. The summed E-state index contributed by atoms with van der Waals surface area (Å²) in [6.07, 6.45) is 0. The number of ether oxygens (including phenoxy) is 1. The van der Waals surface area contributed by atoms with Crippen LogP contribution in [0, 0.1) is 0 Å². The molecule has 0 unspecified atom stereocenters. The predicted octanol–water partition coefficient (Wildman–Crippen LogP) is 0.428. The van der Waals surface area contributed by atoms with E-state index in [1.54, 1.807) is 13.8 Å². The lowest BCUT2D eigenvalue weighted by Crippen LogP contribution is -2.54. The van der Waals surface area contributed by atoms with Crippen molar-refractivity contribution in [3.8, 4) is 0 Å². The van der Waals surface area contributed by atoms with Gasteiger partial charge < -0.3 is 4.74 Å². The van der Waals surface area contributed by atoms with Crippen molar-refractivity contribution in [3.05, 3.63) is 16.3 Å². The summed E-state index contributed by atoms with van der Waals surface area (Å²) in [5, 5.41) is 1.51. The van der Waals surface area contributed by atoms with Crippen LogP contribution in [0.1, 0.15) is 23.5 Å². The number of methoxy groups -OCH3 is 1. The van der Waals surface area contributed by atoms with Crippen LogP contribution in [0.2, 0.25) is 0 Å². The molecular weight excluding hydrogens is 402 g/mol. The standard InChI is InChI=1S/C14H23N3O6S3/c1-4-15(5-2)26(21,22)17-9-7-16(8-10-17)25(19,20)12-6-11-24-13(12)14(18)23-3/h6,11H,4-5,7-10H2,1-3H3. The van der Waals surface area contributed by atoms with E-state index < -0.39 is 26.2 Å². The van der Waals surface area contributed by atoms with Gasteiger partial charge in [0.15, 0.2) is 0 Å². The number of carbonyl (C=O) groups excluding carboxylic acids is 1. The third kappa shape index (κ3) is 3.94. The van der Waals surface area contributed by atoms with Gasteiger partial charge in [-0.1, -0.05) is 13.8 Å². The first-order valence-corrected chi connectivity index (χ1v) is 11.8. The van der Waals surface area contributed by atoms with Gasteiger partial charge in [-0.05, 0) is 11.4 Å². The molecule has 1 aromatic heterocycles. The zero-order valence-corrected chi connectivity index (χ0v) is 17.4. The summed E-state index contributed by atoms with van der Waals surface area (Å²) in [5.41, 5.74) is 0. The smallest absolute Gasteiger partial charge is 0.349 e. The van der Waals surface area contributed by atoms with Gasteiger partial charge in [-0.15, -0.1) is 11.3 Å². The largest absolute Gasteiger partial charge is 0.465 e. The quantitative estimate of drug-likeness (QED) is 0.587. The van der Waals surface area contributed by atoms with E-state index >= 15 is 0 Å². The Morgan fingerprint density at radius 1 is 1.12 bits per heavy atom. The molecule has 1 saturated heterocycles. The van der Waals surface area contributed by atoms with Crippen molar-refractivity contribution in [2.24, 2.45) is 0 Å². The van der Waals surface area contributed by atoms with Gasteiger partial charge in [-0.3, -0.25) is 0 Å².